The van der Waals surface area contributed by atoms with Gasteiger partial charge in [0.1, 0.15) is 5.82 Å². The molecule has 0 spiro atoms. The normalized spacial score (nSPS) is 10.2. The summed E-state index contributed by atoms with van der Waals surface area (Å²) in [5.41, 5.74) is 1.69. The van der Waals surface area contributed by atoms with Crippen molar-refractivity contribution in [1.29, 1.82) is 0 Å². The Balaban J connectivity index is 3.12. The van der Waals surface area contributed by atoms with Gasteiger partial charge in [-0.3, -0.25) is 0 Å². The summed E-state index contributed by atoms with van der Waals surface area (Å²) in [6, 6.07) is 5.16. The van der Waals surface area contributed by atoms with Gasteiger partial charge in [-0.25, -0.2) is 4.39 Å². The summed E-state index contributed by atoms with van der Waals surface area (Å²) in [4.78, 5) is 2.03. The van der Waals surface area contributed by atoms with E-state index in [9.17, 15) is 4.39 Å². The number of benzene rings is 1. The fourth-order valence-corrected chi connectivity index (χ4v) is 1.76. The Morgan fingerprint density at radius 1 is 1.46 bits per heavy atom. The van der Waals surface area contributed by atoms with Crippen LogP contribution in [0.2, 0.25) is 0 Å². The zero-order valence-electron chi connectivity index (χ0n) is 7.85. The van der Waals surface area contributed by atoms with E-state index in [4.69, 9.17) is 0 Å². The Kier molecular flexibility index (Phi) is 3.72. The predicted molar refractivity (Wildman–Crippen MR) is 58.0 cm³/mol. The monoisotopic (exact) mass is 245 g/mol. The van der Waals surface area contributed by atoms with Crippen LogP contribution in [0.1, 0.15) is 12.5 Å². The highest BCUT2D eigenvalue weighted by molar-refractivity contribution is 9.08. The molecule has 3 heteroatoms. The van der Waals surface area contributed by atoms with Gasteiger partial charge in [-0.05, 0) is 19.1 Å². The Morgan fingerprint density at radius 3 is 2.69 bits per heavy atom. The molecule has 0 N–H and O–H groups in total. The van der Waals surface area contributed by atoms with Crippen molar-refractivity contribution in [3.8, 4) is 0 Å². The molecule has 0 atom stereocenters. The summed E-state index contributed by atoms with van der Waals surface area (Å²) < 4.78 is 13.3. The van der Waals surface area contributed by atoms with Gasteiger partial charge in [-0.1, -0.05) is 22.0 Å². The number of nitrogens with zero attached hydrogens (tertiary/aromatic N) is 1. The van der Waals surface area contributed by atoms with Crippen molar-refractivity contribution < 1.29 is 4.39 Å². The zero-order chi connectivity index (χ0) is 9.84. The summed E-state index contributed by atoms with van der Waals surface area (Å²) in [7, 11) is 1.96. The van der Waals surface area contributed by atoms with Gasteiger partial charge in [0.15, 0.2) is 0 Å². The molecule has 0 bridgehead atoms. The quantitative estimate of drug-likeness (QED) is 0.740. The third-order valence-electron chi connectivity index (χ3n) is 2.11. The van der Waals surface area contributed by atoms with Gasteiger partial charge in [0.05, 0.1) is 0 Å². The molecule has 72 valence electrons. The molecular weight excluding hydrogens is 233 g/mol. The van der Waals surface area contributed by atoms with E-state index in [-0.39, 0.29) is 5.82 Å². The fourth-order valence-electron chi connectivity index (χ4n) is 1.21. The molecule has 0 aliphatic carbocycles. The van der Waals surface area contributed by atoms with E-state index in [1.807, 2.05) is 24.9 Å². The lowest BCUT2D eigenvalue weighted by Gasteiger charge is -2.20. The third kappa shape index (κ3) is 2.21. The van der Waals surface area contributed by atoms with Crippen LogP contribution in [0.25, 0.3) is 0 Å². The van der Waals surface area contributed by atoms with Crippen molar-refractivity contribution in [2.45, 2.75) is 12.3 Å². The highest BCUT2D eigenvalue weighted by Gasteiger charge is 2.08. The topological polar surface area (TPSA) is 3.24 Å². The number of anilines is 1. The van der Waals surface area contributed by atoms with Crippen LogP contribution in [0, 0.1) is 5.82 Å². The van der Waals surface area contributed by atoms with Gasteiger partial charge in [-0.15, -0.1) is 0 Å². The summed E-state index contributed by atoms with van der Waals surface area (Å²) in [5.74, 6) is -0.144. The van der Waals surface area contributed by atoms with E-state index >= 15 is 0 Å². The molecular formula is C10H13BrFN. The summed E-state index contributed by atoms with van der Waals surface area (Å²) >= 11 is 3.29. The molecule has 0 radical (unpaired) electrons. The molecule has 1 aromatic rings. The Morgan fingerprint density at radius 2 is 2.15 bits per heavy atom. The minimum Gasteiger partial charge on any atom is -0.375 e. The molecule has 13 heavy (non-hydrogen) atoms. The number of rotatable bonds is 3. The number of alkyl halides is 1. The van der Waals surface area contributed by atoms with Crippen molar-refractivity contribution in [2.75, 3.05) is 18.5 Å². The van der Waals surface area contributed by atoms with Gasteiger partial charge >= 0.3 is 0 Å². The smallest absolute Gasteiger partial charge is 0.129 e. The van der Waals surface area contributed by atoms with Crippen LogP contribution in [0.4, 0.5) is 10.1 Å². The van der Waals surface area contributed by atoms with Crippen molar-refractivity contribution in [1.82, 2.24) is 0 Å². The SMILES string of the molecule is CCN(C)c1cccc(F)c1CBr. The van der Waals surface area contributed by atoms with Crippen LogP contribution in [-0.2, 0) is 5.33 Å². The average Bonchev–Trinajstić information content (AvgIpc) is 2.16. The average molecular weight is 246 g/mol. The van der Waals surface area contributed by atoms with Crippen molar-refractivity contribution in [2.24, 2.45) is 0 Å². The molecule has 1 aromatic carbocycles. The van der Waals surface area contributed by atoms with Crippen LogP contribution in [0.3, 0.4) is 0 Å². The predicted octanol–water partition coefficient (Wildman–Crippen LogP) is 3.18. The van der Waals surface area contributed by atoms with Crippen LogP contribution in [-0.4, -0.2) is 13.6 Å². The standard InChI is InChI=1S/C10H13BrFN/c1-3-13(2)10-6-4-5-9(12)8(10)7-11/h4-6H,3,7H2,1-2H3. The molecule has 0 amide bonds. The lowest BCUT2D eigenvalue weighted by atomic mass is 10.2. The van der Waals surface area contributed by atoms with Gasteiger partial charge in [-0.2, -0.15) is 0 Å². The first-order valence-corrected chi connectivity index (χ1v) is 5.37. The molecule has 0 saturated carbocycles. The second-order valence-corrected chi connectivity index (χ2v) is 3.45. The van der Waals surface area contributed by atoms with Crippen molar-refractivity contribution in [3.63, 3.8) is 0 Å². The third-order valence-corrected chi connectivity index (χ3v) is 2.67. The Bertz CT molecular complexity index is 288. The molecule has 0 aliphatic heterocycles. The van der Waals surface area contributed by atoms with Gasteiger partial charge in [0, 0.05) is 30.2 Å². The first-order valence-electron chi connectivity index (χ1n) is 4.25. The maximum absolute atomic E-state index is 13.3. The maximum Gasteiger partial charge on any atom is 0.129 e. The second-order valence-electron chi connectivity index (χ2n) is 2.89. The molecule has 0 aromatic heterocycles. The van der Waals surface area contributed by atoms with Crippen LogP contribution < -0.4 is 4.90 Å². The number of halogens is 2. The first kappa shape index (κ1) is 10.5. The van der Waals surface area contributed by atoms with E-state index in [0.29, 0.717) is 5.33 Å². The summed E-state index contributed by atoms with van der Waals surface area (Å²) in [5, 5.41) is 0.555. The molecule has 0 heterocycles. The molecule has 0 unspecified atom stereocenters. The van der Waals surface area contributed by atoms with Gasteiger partial charge < -0.3 is 4.90 Å². The fraction of sp³-hybridized carbons (Fsp3) is 0.400. The van der Waals surface area contributed by atoms with E-state index < -0.39 is 0 Å². The molecule has 0 saturated heterocycles. The van der Waals surface area contributed by atoms with Crippen molar-refractivity contribution >= 4 is 21.6 Å². The number of hydrogen-bond donors (Lipinski definition) is 0. The van der Waals surface area contributed by atoms with E-state index in [1.165, 1.54) is 6.07 Å². The largest absolute Gasteiger partial charge is 0.375 e. The summed E-state index contributed by atoms with van der Waals surface area (Å²) in [6.07, 6.45) is 0. The molecule has 0 aliphatic rings. The van der Waals surface area contributed by atoms with E-state index in [2.05, 4.69) is 15.9 Å². The first-order chi connectivity index (χ1) is 6.20. The van der Waals surface area contributed by atoms with E-state index in [0.717, 1.165) is 17.8 Å². The van der Waals surface area contributed by atoms with Gasteiger partial charge in [0.25, 0.3) is 0 Å². The minimum absolute atomic E-state index is 0.144. The Hall–Kier alpha value is -0.570. The summed E-state index contributed by atoms with van der Waals surface area (Å²) in [6.45, 7) is 2.92. The molecule has 0 fully saturated rings. The van der Waals surface area contributed by atoms with E-state index in [1.54, 1.807) is 6.07 Å². The minimum atomic E-state index is -0.144. The zero-order valence-corrected chi connectivity index (χ0v) is 9.44. The Labute approximate surface area is 86.7 Å². The maximum atomic E-state index is 13.3. The molecule has 1 nitrogen and oxygen atoms in total. The highest BCUT2D eigenvalue weighted by Crippen LogP contribution is 2.24. The second kappa shape index (κ2) is 4.61. The molecule has 1 rings (SSSR count). The van der Waals surface area contributed by atoms with Crippen LogP contribution >= 0.6 is 15.9 Å². The van der Waals surface area contributed by atoms with Gasteiger partial charge in [0.2, 0.25) is 0 Å². The highest BCUT2D eigenvalue weighted by atomic mass is 79.9. The van der Waals surface area contributed by atoms with Crippen molar-refractivity contribution in [3.05, 3.63) is 29.6 Å². The lowest BCUT2D eigenvalue weighted by molar-refractivity contribution is 0.617. The van der Waals surface area contributed by atoms with Crippen LogP contribution in [0.15, 0.2) is 18.2 Å². The lowest BCUT2D eigenvalue weighted by Crippen LogP contribution is -2.17. The number of hydrogen-bond acceptors (Lipinski definition) is 1. The van der Waals surface area contributed by atoms with Crippen LogP contribution in [0.5, 0.6) is 0 Å².